The summed E-state index contributed by atoms with van der Waals surface area (Å²) in [6.45, 7) is 8.64. The van der Waals surface area contributed by atoms with Gasteiger partial charge in [0.05, 0.1) is 0 Å². The summed E-state index contributed by atoms with van der Waals surface area (Å²) >= 11 is 8.24. The normalized spacial score (nSPS) is 11.3. The van der Waals surface area contributed by atoms with E-state index in [9.17, 15) is 0 Å². The predicted octanol–water partition coefficient (Wildman–Crippen LogP) is 6.54. The molecule has 2 nitrogen and oxygen atoms in total. The maximum Gasteiger partial charge on any atom is 0.0485 e. The summed E-state index contributed by atoms with van der Waals surface area (Å²) in [5.41, 5.74) is 2.40. The van der Waals surface area contributed by atoms with Gasteiger partial charge in [-0.05, 0) is 42.9 Å². The van der Waals surface area contributed by atoms with Gasteiger partial charge >= 0.3 is 0 Å². The van der Waals surface area contributed by atoms with Crippen LogP contribution in [0.2, 0.25) is 5.02 Å². The molecular formula is C23H27ClN2S. The van der Waals surface area contributed by atoms with Crippen LogP contribution < -0.4 is 5.32 Å². The van der Waals surface area contributed by atoms with E-state index < -0.39 is 0 Å². The molecule has 0 saturated heterocycles. The van der Waals surface area contributed by atoms with Gasteiger partial charge in [0, 0.05) is 45.2 Å². The van der Waals surface area contributed by atoms with E-state index in [2.05, 4.69) is 66.5 Å². The van der Waals surface area contributed by atoms with Crippen LogP contribution in [-0.2, 0) is 6.54 Å². The molecule has 4 heteroatoms. The summed E-state index contributed by atoms with van der Waals surface area (Å²) in [7, 11) is 0. The standard InChI is InChI=1S/C23H27ClN2S/c1-3-26(4-2)15-16-27-19-11-9-18(10-12-19)17-25-23-14-13-22(24)20-7-5-6-8-21(20)23/h5-14,25H,3-4,15-17H2,1-2H3. The second-order valence-corrected chi connectivity index (χ2v) is 8.09. The van der Waals surface area contributed by atoms with Crippen LogP contribution in [0.5, 0.6) is 0 Å². The van der Waals surface area contributed by atoms with Crippen LogP contribution in [0, 0.1) is 0 Å². The summed E-state index contributed by atoms with van der Waals surface area (Å²) in [5.74, 6) is 1.13. The maximum absolute atomic E-state index is 6.31. The Balaban J connectivity index is 1.57. The second kappa shape index (κ2) is 10.0. The first-order valence-electron chi connectivity index (χ1n) is 9.56. The number of benzene rings is 3. The van der Waals surface area contributed by atoms with Gasteiger partial charge in [-0.2, -0.15) is 0 Å². The lowest BCUT2D eigenvalue weighted by Gasteiger charge is -2.17. The molecule has 0 unspecified atom stereocenters. The van der Waals surface area contributed by atoms with Crippen molar-refractivity contribution < 1.29 is 0 Å². The quantitative estimate of drug-likeness (QED) is 0.412. The minimum atomic E-state index is 0.794. The zero-order chi connectivity index (χ0) is 19.1. The van der Waals surface area contributed by atoms with Crippen molar-refractivity contribution in [3.05, 3.63) is 71.2 Å². The Morgan fingerprint density at radius 2 is 1.59 bits per heavy atom. The average molecular weight is 399 g/mol. The highest BCUT2D eigenvalue weighted by atomic mass is 35.5. The molecule has 0 aromatic heterocycles. The van der Waals surface area contributed by atoms with Gasteiger partial charge in [0.2, 0.25) is 0 Å². The Hall–Kier alpha value is -1.68. The molecule has 0 spiro atoms. The summed E-state index contributed by atoms with van der Waals surface area (Å²) in [6.07, 6.45) is 0. The van der Waals surface area contributed by atoms with Crippen molar-refractivity contribution >= 4 is 39.8 Å². The molecule has 3 aromatic rings. The number of hydrogen-bond acceptors (Lipinski definition) is 3. The Morgan fingerprint density at radius 1 is 0.889 bits per heavy atom. The molecule has 0 aliphatic heterocycles. The van der Waals surface area contributed by atoms with Crippen LogP contribution in [0.25, 0.3) is 10.8 Å². The number of nitrogens with zero attached hydrogens (tertiary/aromatic N) is 1. The molecule has 0 aliphatic rings. The van der Waals surface area contributed by atoms with E-state index in [1.165, 1.54) is 10.5 Å². The summed E-state index contributed by atoms with van der Waals surface area (Å²) in [5, 5.41) is 6.59. The summed E-state index contributed by atoms with van der Waals surface area (Å²) in [4.78, 5) is 3.80. The van der Waals surface area contributed by atoms with Gasteiger partial charge in [0.15, 0.2) is 0 Å². The highest BCUT2D eigenvalue weighted by Gasteiger charge is 2.04. The van der Waals surface area contributed by atoms with Crippen molar-refractivity contribution in [2.45, 2.75) is 25.3 Å². The van der Waals surface area contributed by atoms with E-state index in [-0.39, 0.29) is 0 Å². The highest BCUT2D eigenvalue weighted by Crippen LogP contribution is 2.30. The molecule has 0 saturated carbocycles. The number of rotatable bonds is 9. The van der Waals surface area contributed by atoms with Crippen molar-refractivity contribution in [2.75, 3.05) is 30.7 Å². The molecule has 0 amide bonds. The maximum atomic E-state index is 6.31. The molecule has 27 heavy (non-hydrogen) atoms. The third-order valence-corrected chi connectivity index (χ3v) is 6.17. The van der Waals surface area contributed by atoms with Crippen molar-refractivity contribution in [3.8, 4) is 0 Å². The lowest BCUT2D eigenvalue weighted by atomic mass is 10.1. The van der Waals surface area contributed by atoms with Gasteiger partial charge < -0.3 is 10.2 Å². The molecule has 0 heterocycles. The van der Waals surface area contributed by atoms with Crippen LogP contribution in [0.3, 0.4) is 0 Å². The van der Waals surface area contributed by atoms with Crippen molar-refractivity contribution in [2.24, 2.45) is 0 Å². The van der Waals surface area contributed by atoms with E-state index in [1.807, 2.05) is 30.0 Å². The molecule has 0 fully saturated rings. The Bertz CT molecular complexity index is 860. The first-order valence-corrected chi connectivity index (χ1v) is 10.9. The van der Waals surface area contributed by atoms with Crippen LogP contribution in [0.4, 0.5) is 5.69 Å². The molecule has 3 rings (SSSR count). The first-order chi connectivity index (χ1) is 13.2. The Labute approximate surface area is 171 Å². The second-order valence-electron chi connectivity index (χ2n) is 6.51. The van der Waals surface area contributed by atoms with Gasteiger partial charge in [0.1, 0.15) is 0 Å². The van der Waals surface area contributed by atoms with Gasteiger partial charge in [-0.3, -0.25) is 0 Å². The summed E-state index contributed by atoms with van der Waals surface area (Å²) < 4.78 is 0. The van der Waals surface area contributed by atoms with Gasteiger partial charge in [0.25, 0.3) is 0 Å². The molecule has 142 valence electrons. The van der Waals surface area contributed by atoms with Crippen LogP contribution in [-0.4, -0.2) is 30.3 Å². The average Bonchev–Trinajstić information content (AvgIpc) is 2.72. The van der Waals surface area contributed by atoms with Gasteiger partial charge in [-0.25, -0.2) is 0 Å². The van der Waals surface area contributed by atoms with E-state index in [4.69, 9.17) is 11.6 Å². The van der Waals surface area contributed by atoms with E-state index in [0.29, 0.717) is 0 Å². The number of halogens is 1. The molecule has 0 atom stereocenters. The first kappa shape index (κ1) is 20.1. The Kier molecular flexibility index (Phi) is 7.45. The lowest BCUT2D eigenvalue weighted by Crippen LogP contribution is -2.25. The number of fused-ring (bicyclic) bond motifs is 1. The number of nitrogens with one attached hydrogen (secondary N) is 1. The van der Waals surface area contributed by atoms with Crippen LogP contribution in [0.1, 0.15) is 19.4 Å². The molecule has 0 aliphatic carbocycles. The molecule has 1 N–H and O–H groups in total. The third kappa shape index (κ3) is 5.41. The zero-order valence-electron chi connectivity index (χ0n) is 16.0. The number of hydrogen-bond donors (Lipinski definition) is 1. The smallest absolute Gasteiger partial charge is 0.0485 e. The van der Waals surface area contributed by atoms with Crippen LogP contribution >= 0.6 is 23.4 Å². The minimum Gasteiger partial charge on any atom is -0.380 e. The zero-order valence-corrected chi connectivity index (χ0v) is 17.6. The predicted molar refractivity (Wildman–Crippen MR) is 121 cm³/mol. The molecule has 3 aromatic carbocycles. The fourth-order valence-electron chi connectivity index (χ4n) is 3.15. The highest BCUT2D eigenvalue weighted by molar-refractivity contribution is 7.99. The van der Waals surface area contributed by atoms with E-state index in [0.717, 1.165) is 53.4 Å². The van der Waals surface area contributed by atoms with E-state index in [1.54, 1.807) is 0 Å². The molecular weight excluding hydrogens is 372 g/mol. The monoisotopic (exact) mass is 398 g/mol. The third-order valence-electron chi connectivity index (χ3n) is 4.85. The summed E-state index contributed by atoms with van der Waals surface area (Å²) in [6, 6.07) is 21.1. The fraction of sp³-hybridized carbons (Fsp3) is 0.304. The number of anilines is 1. The van der Waals surface area contributed by atoms with Gasteiger partial charge in [-0.15, -0.1) is 11.8 Å². The van der Waals surface area contributed by atoms with Crippen molar-refractivity contribution in [1.29, 1.82) is 0 Å². The minimum absolute atomic E-state index is 0.794. The van der Waals surface area contributed by atoms with Crippen molar-refractivity contribution in [3.63, 3.8) is 0 Å². The van der Waals surface area contributed by atoms with Crippen LogP contribution in [0.15, 0.2) is 65.6 Å². The molecule has 0 bridgehead atoms. The lowest BCUT2D eigenvalue weighted by molar-refractivity contribution is 0.324. The molecule has 0 radical (unpaired) electrons. The fourth-order valence-corrected chi connectivity index (χ4v) is 4.29. The Morgan fingerprint density at radius 3 is 2.30 bits per heavy atom. The number of thioether (sulfide) groups is 1. The van der Waals surface area contributed by atoms with Crippen molar-refractivity contribution in [1.82, 2.24) is 4.90 Å². The SMILES string of the molecule is CCN(CC)CCSc1ccc(CNc2ccc(Cl)c3ccccc23)cc1. The topological polar surface area (TPSA) is 15.3 Å². The largest absolute Gasteiger partial charge is 0.380 e. The van der Waals surface area contributed by atoms with E-state index >= 15 is 0 Å². The van der Waals surface area contributed by atoms with Gasteiger partial charge in [-0.1, -0.05) is 61.8 Å².